The van der Waals surface area contributed by atoms with Gasteiger partial charge in [-0.3, -0.25) is 0 Å². The van der Waals surface area contributed by atoms with Gasteiger partial charge in [-0.15, -0.1) is 0 Å². The molecule has 0 amide bonds. The summed E-state index contributed by atoms with van der Waals surface area (Å²) in [7, 11) is 0. The Balaban J connectivity index is 2.62. The van der Waals surface area contributed by atoms with E-state index in [0.29, 0.717) is 0 Å². The van der Waals surface area contributed by atoms with Crippen LogP contribution in [0.4, 0.5) is 0 Å². The van der Waals surface area contributed by atoms with Gasteiger partial charge in [0.25, 0.3) is 0 Å². The summed E-state index contributed by atoms with van der Waals surface area (Å²) in [6, 6.07) is 0. The van der Waals surface area contributed by atoms with Crippen LogP contribution < -0.4 is 0 Å². The highest BCUT2D eigenvalue weighted by atomic mass is 13.9. The summed E-state index contributed by atoms with van der Waals surface area (Å²) in [5.74, 6) is 0. The predicted molar refractivity (Wildman–Crippen MR) is 45.9 cm³/mol. The van der Waals surface area contributed by atoms with Crippen LogP contribution in [-0.4, -0.2) is 0 Å². The van der Waals surface area contributed by atoms with Gasteiger partial charge < -0.3 is 0 Å². The molecule has 1 rings (SSSR count). The third-order valence-corrected chi connectivity index (χ3v) is 1.71. The quantitative estimate of drug-likeness (QED) is 0.516. The molecule has 0 aliphatic heterocycles. The molecule has 1 aliphatic carbocycles. The predicted octanol–water partition coefficient (Wildman–Crippen LogP) is 3.23. The summed E-state index contributed by atoms with van der Waals surface area (Å²) in [5, 5.41) is 0. The lowest BCUT2D eigenvalue weighted by atomic mass is 10.1. The van der Waals surface area contributed by atoms with E-state index < -0.39 is 0 Å². The Morgan fingerprint density at radius 2 is 2.20 bits per heavy atom. The average molecular weight is 134 g/mol. The molecule has 0 heterocycles. The third kappa shape index (κ3) is 2.22. The van der Waals surface area contributed by atoms with Crippen LogP contribution >= 0.6 is 0 Å². The highest BCUT2D eigenvalue weighted by Gasteiger charge is 1.88. The Labute approximate surface area is 62.9 Å². The van der Waals surface area contributed by atoms with Crippen molar-refractivity contribution in [3.05, 3.63) is 36.0 Å². The lowest BCUT2D eigenvalue weighted by molar-refractivity contribution is 1.01. The van der Waals surface area contributed by atoms with Crippen molar-refractivity contribution in [2.75, 3.05) is 0 Å². The van der Waals surface area contributed by atoms with Gasteiger partial charge in [0, 0.05) is 0 Å². The molecule has 0 nitrogen and oxygen atoms in total. The van der Waals surface area contributed by atoms with Crippen LogP contribution in [0.25, 0.3) is 0 Å². The van der Waals surface area contributed by atoms with Gasteiger partial charge in [0.1, 0.15) is 0 Å². The highest BCUT2D eigenvalue weighted by Crippen LogP contribution is 2.08. The molecule has 0 saturated carbocycles. The van der Waals surface area contributed by atoms with Gasteiger partial charge in [-0.25, -0.2) is 0 Å². The molecule has 0 atom stereocenters. The van der Waals surface area contributed by atoms with E-state index in [1.165, 1.54) is 18.4 Å². The fourth-order valence-electron chi connectivity index (χ4n) is 1.05. The molecule has 0 heteroatoms. The minimum atomic E-state index is 1.16. The maximum Gasteiger partial charge on any atom is -0.0310 e. The summed E-state index contributed by atoms with van der Waals surface area (Å²) in [5.41, 5.74) is 1.46. The van der Waals surface area contributed by atoms with Crippen LogP contribution in [0.2, 0.25) is 0 Å². The monoisotopic (exact) mass is 134 g/mol. The van der Waals surface area contributed by atoms with Crippen LogP contribution in [0.1, 0.15) is 26.2 Å². The molecule has 1 aliphatic rings. The molecule has 0 aromatic heterocycles. The second-order valence-electron chi connectivity index (χ2n) is 2.50. The van der Waals surface area contributed by atoms with E-state index in [9.17, 15) is 0 Å². The Hall–Kier alpha value is -0.780. The van der Waals surface area contributed by atoms with Gasteiger partial charge in [0.2, 0.25) is 0 Å². The van der Waals surface area contributed by atoms with Crippen LogP contribution in [-0.2, 0) is 0 Å². The van der Waals surface area contributed by atoms with E-state index in [1.807, 2.05) is 0 Å². The summed E-state index contributed by atoms with van der Waals surface area (Å²) in [6.07, 6.45) is 14.5. The Morgan fingerprint density at radius 3 is 3.00 bits per heavy atom. The molecule has 0 fully saturated rings. The highest BCUT2D eigenvalue weighted by molar-refractivity contribution is 5.23. The maximum absolute atomic E-state index is 2.32. The third-order valence-electron chi connectivity index (χ3n) is 1.71. The summed E-state index contributed by atoms with van der Waals surface area (Å²) in [4.78, 5) is 0. The van der Waals surface area contributed by atoms with Crippen LogP contribution in [0.15, 0.2) is 36.0 Å². The number of allylic oxidation sites excluding steroid dienone is 6. The minimum absolute atomic E-state index is 1.16. The SMILES string of the molecule is CCC1=CCCC=CC=C1. The Kier molecular flexibility index (Phi) is 3.01. The van der Waals surface area contributed by atoms with E-state index in [0.717, 1.165) is 6.42 Å². The summed E-state index contributed by atoms with van der Waals surface area (Å²) in [6.45, 7) is 2.20. The normalized spacial score (nSPS) is 17.9. The van der Waals surface area contributed by atoms with Crippen molar-refractivity contribution < 1.29 is 0 Å². The van der Waals surface area contributed by atoms with Crippen molar-refractivity contribution in [2.45, 2.75) is 26.2 Å². The maximum atomic E-state index is 2.32. The zero-order valence-corrected chi connectivity index (χ0v) is 6.51. The molecule has 0 aromatic rings. The summed E-state index contributed by atoms with van der Waals surface area (Å²) >= 11 is 0. The molecule has 0 unspecified atom stereocenters. The fraction of sp³-hybridized carbons (Fsp3) is 0.400. The zero-order chi connectivity index (χ0) is 7.23. The first kappa shape index (κ1) is 7.33. The van der Waals surface area contributed by atoms with E-state index in [1.54, 1.807) is 0 Å². The van der Waals surface area contributed by atoms with E-state index in [4.69, 9.17) is 0 Å². The van der Waals surface area contributed by atoms with Gasteiger partial charge in [0.05, 0.1) is 0 Å². The van der Waals surface area contributed by atoms with Crippen LogP contribution in [0.5, 0.6) is 0 Å². The topological polar surface area (TPSA) is 0 Å². The first-order valence-electron chi connectivity index (χ1n) is 3.95. The molecule has 0 aromatic carbocycles. The van der Waals surface area contributed by atoms with Gasteiger partial charge in [-0.1, -0.05) is 42.9 Å². The second kappa shape index (κ2) is 4.10. The van der Waals surface area contributed by atoms with E-state index in [-0.39, 0.29) is 0 Å². The largest absolute Gasteiger partial charge is 0.0842 e. The van der Waals surface area contributed by atoms with Crippen molar-refractivity contribution in [1.29, 1.82) is 0 Å². The molecule has 0 N–H and O–H groups in total. The molecule has 0 bridgehead atoms. The number of hydrogen-bond acceptors (Lipinski definition) is 0. The lowest BCUT2D eigenvalue weighted by Gasteiger charge is -1.97. The van der Waals surface area contributed by atoms with E-state index >= 15 is 0 Å². The van der Waals surface area contributed by atoms with Crippen LogP contribution in [0, 0.1) is 0 Å². The first-order chi connectivity index (χ1) is 4.93. The Morgan fingerprint density at radius 1 is 1.30 bits per heavy atom. The fourth-order valence-corrected chi connectivity index (χ4v) is 1.05. The molecule has 54 valence electrons. The van der Waals surface area contributed by atoms with Gasteiger partial charge >= 0.3 is 0 Å². The first-order valence-corrected chi connectivity index (χ1v) is 3.95. The number of hydrogen-bond donors (Lipinski definition) is 0. The van der Waals surface area contributed by atoms with Crippen molar-refractivity contribution in [1.82, 2.24) is 0 Å². The molecule has 10 heavy (non-hydrogen) atoms. The van der Waals surface area contributed by atoms with Crippen molar-refractivity contribution in [3.63, 3.8) is 0 Å². The van der Waals surface area contributed by atoms with Crippen molar-refractivity contribution in [2.24, 2.45) is 0 Å². The van der Waals surface area contributed by atoms with Gasteiger partial charge in [-0.05, 0) is 19.3 Å². The molecule has 0 radical (unpaired) electrons. The second-order valence-corrected chi connectivity index (χ2v) is 2.50. The van der Waals surface area contributed by atoms with E-state index in [2.05, 4.69) is 37.3 Å². The van der Waals surface area contributed by atoms with Gasteiger partial charge in [0.15, 0.2) is 0 Å². The van der Waals surface area contributed by atoms with Crippen molar-refractivity contribution in [3.8, 4) is 0 Å². The Bertz CT molecular complexity index is 168. The lowest BCUT2D eigenvalue weighted by Crippen LogP contribution is -1.77. The molecule has 0 saturated heterocycles. The van der Waals surface area contributed by atoms with Crippen LogP contribution in [0.3, 0.4) is 0 Å². The summed E-state index contributed by atoms with van der Waals surface area (Å²) < 4.78 is 0. The molecular weight excluding hydrogens is 120 g/mol. The average Bonchev–Trinajstić information content (AvgIpc) is 1.87. The minimum Gasteiger partial charge on any atom is -0.0842 e. The van der Waals surface area contributed by atoms with Crippen molar-refractivity contribution >= 4 is 0 Å². The standard InChI is InChI=1S/C10H14/c1-2-10-8-6-4-3-5-7-9-10/h3-4,6,8-9H,2,5,7H2,1H3. The zero-order valence-electron chi connectivity index (χ0n) is 6.51. The van der Waals surface area contributed by atoms with Gasteiger partial charge in [-0.2, -0.15) is 0 Å². The molecular formula is C10H14. The smallest absolute Gasteiger partial charge is 0.0310 e. The molecule has 0 spiro atoms. The number of rotatable bonds is 1.